The summed E-state index contributed by atoms with van der Waals surface area (Å²) < 4.78 is 5.31. The molecule has 1 aliphatic rings. The van der Waals surface area contributed by atoms with Gasteiger partial charge in [-0.25, -0.2) is 0 Å². The number of ether oxygens (including phenoxy) is 1. The van der Waals surface area contributed by atoms with Crippen molar-refractivity contribution in [2.75, 3.05) is 6.61 Å². The fraction of sp³-hybridized carbons (Fsp3) is 0.846. The van der Waals surface area contributed by atoms with E-state index in [1.54, 1.807) is 6.92 Å². The van der Waals surface area contributed by atoms with Gasteiger partial charge < -0.3 is 20.7 Å². The Kier molecular flexibility index (Phi) is 12.8. The Morgan fingerprint density at radius 1 is 0.853 bits per heavy atom. The predicted molar refractivity (Wildman–Crippen MR) is 133 cm³/mol. The van der Waals surface area contributed by atoms with Gasteiger partial charge in [0.05, 0.1) is 12.6 Å². The van der Waals surface area contributed by atoms with Crippen molar-refractivity contribution in [2.24, 2.45) is 11.8 Å². The number of unbranched alkanes of at least 4 members (excludes halogenated alkanes) is 3. The third-order valence-electron chi connectivity index (χ3n) is 6.19. The topological polar surface area (TPSA) is 117 Å². The lowest BCUT2D eigenvalue weighted by molar-refractivity contribution is -0.135. The minimum absolute atomic E-state index is 0.130. The van der Waals surface area contributed by atoms with E-state index < -0.39 is 23.7 Å². The molecule has 0 saturated carbocycles. The molecule has 8 heteroatoms. The van der Waals surface area contributed by atoms with Gasteiger partial charge in [0.2, 0.25) is 17.7 Å². The highest BCUT2D eigenvalue weighted by atomic mass is 16.6. The Hall–Kier alpha value is -1.96. The van der Waals surface area contributed by atoms with Gasteiger partial charge in [-0.05, 0) is 38.0 Å². The highest BCUT2D eigenvalue weighted by Crippen LogP contribution is 2.29. The molecule has 0 aromatic rings. The van der Waals surface area contributed by atoms with E-state index >= 15 is 0 Å². The molecule has 0 radical (unpaired) electrons. The Bertz CT molecular complexity index is 688. The molecule has 0 bridgehead atoms. The van der Waals surface area contributed by atoms with Crippen LogP contribution in [0.2, 0.25) is 0 Å². The van der Waals surface area contributed by atoms with E-state index in [9.17, 15) is 19.2 Å². The summed E-state index contributed by atoms with van der Waals surface area (Å²) in [6.45, 7) is 13.9. The highest BCUT2D eigenvalue weighted by Gasteiger charge is 2.50. The van der Waals surface area contributed by atoms with Gasteiger partial charge in [-0.3, -0.25) is 19.2 Å². The van der Waals surface area contributed by atoms with Crippen molar-refractivity contribution in [3.8, 4) is 0 Å². The van der Waals surface area contributed by atoms with Crippen LogP contribution in [0.3, 0.4) is 0 Å². The van der Waals surface area contributed by atoms with Gasteiger partial charge in [0.25, 0.3) is 0 Å². The van der Waals surface area contributed by atoms with Crippen molar-refractivity contribution in [3.63, 3.8) is 0 Å². The maximum atomic E-state index is 13.2. The molecule has 1 heterocycles. The Morgan fingerprint density at radius 2 is 1.44 bits per heavy atom. The van der Waals surface area contributed by atoms with Crippen molar-refractivity contribution < 1.29 is 23.9 Å². The van der Waals surface area contributed by atoms with Gasteiger partial charge in [0.15, 0.2) is 5.78 Å². The Labute approximate surface area is 205 Å². The van der Waals surface area contributed by atoms with E-state index in [0.29, 0.717) is 25.9 Å². The van der Waals surface area contributed by atoms with Crippen LogP contribution in [0, 0.1) is 11.8 Å². The van der Waals surface area contributed by atoms with Gasteiger partial charge in [0, 0.05) is 6.42 Å². The third-order valence-corrected chi connectivity index (χ3v) is 6.19. The lowest BCUT2D eigenvalue weighted by Crippen LogP contribution is -2.57. The molecular formula is C26H47N3O5. The summed E-state index contributed by atoms with van der Waals surface area (Å²) in [5, 5.41) is 8.57. The smallest absolute Gasteiger partial charge is 0.243 e. The largest absolute Gasteiger partial charge is 0.361 e. The maximum Gasteiger partial charge on any atom is 0.243 e. The molecule has 1 saturated heterocycles. The first kappa shape index (κ1) is 30.1. The number of epoxide rings is 1. The molecular weight excluding hydrogens is 434 g/mol. The zero-order chi connectivity index (χ0) is 25.9. The van der Waals surface area contributed by atoms with E-state index in [-0.39, 0.29) is 35.3 Å². The Balaban J connectivity index is 2.89. The lowest BCUT2D eigenvalue weighted by atomic mass is 9.93. The summed E-state index contributed by atoms with van der Waals surface area (Å²) in [6, 6.07) is -2.17. The van der Waals surface area contributed by atoms with E-state index in [2.05, 4.69) is 22.9 Å². The predicted octanol–water partition coefficient (Wildman–Crippen LogP) is 3.27. The fourth-order valence-electron chi connectivity index (χ4n) is 3.85. The quantitative estimate of drug-likeness (QED) is 0.218. The molecule has 0 aliphatic carbocycles. The lowest BCUT2D eigenvalue weighted by Gasteiger charge is -2.27. The molecule has 4 atom stereocenters. The minimum Gasteiger partial charge on any atom is -0.361 e. The number of hydrogen-bond acceptors (Lipinski definition) is 5. The average Bonchev–Trinajstić information content (AvgIpc) is 3.51. The van der Waals surface area contributed by atoms with Crippen molar-refractivity contribution in [2.45, 2.75) is 124 Å². The van der Waals surface area contributed by atoms with Crippen LogP contribution in [0.15, 0.2) is 0 Å². The van der Waals surface area contributed by atoms with Gasteiger partial charge in [-0.15, -0.1) is 0 Å². The summed E-state index contributed by atoms with van der Waals surface area (Å²) in [6.07, 6.45) is 5.71. The molecule has 1 unspecified atom stereocenters. The second kappa shape index (κ2) is 14.4. The summed E-state index contributed by atoms with van der Waals surface area (Å²) >= 11 is 0. The highest BCUT2D eigenvalue weighted by molar-refractivity contribution is 5.98. The van der Waals surface area contributed by atoms with Gasteiger partial charge in [-0.2, -0.15) is 0 Å². The zero-order valence-electron chi connectivity index (χ0n) is 22.3. The van der Waals surface area contributed by atoms with Crippen LogP contribution >= 0.6 is 0 Å². The molecule has 196 valence electrons. The number of amides is 3. The number of rotatable bonds is 17. The molecule has 3 amide bonds. The SMILES string of the molecule is CCCCCC(=O)NC(C(=O)N[C@@H](CCCC)C(=O)N[C@@H](CC(C)C)C(=O)[C@@]1(C)CO1)C(C)C. The zero-order valence-corrected chi connectivity index (χ0v) is 22.3. The van der Waals surface area contributed by atoms with Gasteiger partial charge in [-0.1, -0.05) is 67.2 Å². The molecule has 8 nitrogen and oxygen atoms in total. The molecule has 1 rings (SSSR count). The van der Waals surface area contributed by atoms with E-state index in [1.807, 2.05) is 34.6 Å². The number of carbonyl (C=O) groups excluding carboxylic acids is 4. The molecule has 1 aliphatic heterocycles. The van der Waals surface area contributed by atoms with Gasteiger partial charge >= 0.3 is 0 Å². The van der Waals surface area contributed by atoms with Crippen LogP contribution in [0.5, 0.6) is 0 Å². The number of hydrogen-bond donors (Lipinski definition) is 3. The van der Waals surface area contributed by atoms with E-state index in [4.69, 9.17) is 4.74 Å². The van der Waals surface area contributed by atoms with Crippen molar-refractivity contribution in [1.29, 1.82) is 0 Å². The van der Waals surface area contributed by atoms with Crippen LogP contribution in [0.25, 0.3) is 0 Å². The average molecular weight is 482 g/mol. The van der Waals surface area contributed by atoms with E-state index in [1.165, 1.54) is 0 Å². The van der Waals surface area contributed by atoms with Crippen molar-refractivity contribution in [3.05, 3.63) is 0 Å². The van der Waals surface area contributed by atoms with Crippen LogP contribution in [0.4, 0.5) is 0 Å². The van der Waals surface area contributed by atoms with Crippen LogP contribution in [0.1, 0.15) is 99.8 Å². The summed E-state index contributed by atoms with van der Waals surface area (Å²) in [5.74, 6) is -0.964. The fourth-order valence-corrected chi connectivity index (χ4v) is 3.85. The molecule has 1 fully saturated rings. The standard InChI is InChI=1S/C26H47N3O5/c1-8-10-12-14-21(30)29-22(18(5)6)25(33)27-19(13-11-9-2)24(32)28-20(15-17(3)4)23(31)26(7)16-34-26/h17-20,22H,8-16H2,1-7H3,(H,27,33)(H,28,32)(H,29,30)/t19-,20-,22?,26+/m0/s1. The summed E-state index contributed by atoms with van der Waals surface area (Å²) in [4.78, 5) is 51.6. The molecule has 0 aromatic heterocycles. The molecule has 0 aromatic carbocycles. The summed E-state index contributed by atoms with van der Waals surface area (Å²) in [7, 11) is 0. The first-order chi connectivity index (χ1) is 15.9. The second-order valence-corrected chi connectivity index (χ2v) is 10.5. The van der Waals surface area contributed by atoms with Crippen molar-refractivity contribution in [1.82, 2.24) is 16.0 Å². The Morgan fingerprint density at radius 3 is 1.94 bits per heavy atom. The number of ketones is 1. The monoisotopic (exact) mass is 481 g/mol. The third kappa shape index (κ3) is 10.1. The second-order valence-electron chi connectivity index (χ2n) is 10.5. The first-order valence-electron chi connectivity index (χ1n) is 13.0. The maximum absolute atomic E-state index is 13.2. The minimum atomic E-state index is -0.834. The van der Waals surface area contributed by atoms with Crippen LogP contribution < -0.4 is 16.0 Å². The number of Topliss-reactive ketones (excluding diaryl/α,β-unsaturated/α-hetero) is 1. The van der Waals surface area contributed by atoms with Crippen LogP contribution in [-0.4, -0.2) is 53.8 Å². The molecule has 0 spiro atoms. The normalized spacial score (nSPS) is 19.9. The number of nitrogens with one attached hydrogen (secondary N) is 3. The number of carbonyl (C=O) groups is 4. The van der Waals surface area contributed by atoms with Gasteiger partial charge in [0.1, 0.15) is 17.7 Å². The molecule has 3 N–H and O–H groups in total. The summed E-state index contributed by atoms with van der Waals surface area (Å²) in [5.41, 5.74) is -0.834. The first-order valence-corrected chi connectivity index (χ1v) is 13.0. The van der Waals surface area contributed by atoms with E-state index in [0.717, 1.165) is 32.1 Å². The van der Waals surface area contributed by atoms with Crippen LogP contribution in [-0.2, 0) is 23.9 Å². The molecule has 34 heavy (non-hydrogen) atoms. The van der Waals surface area contributed by atoms with Crippen molar-refractivity contribution >= 4 is 23.5 Å².